The van der Waals surface area contributed by atoms with E-state index in [2.05, 4.69) is 59.4 Å². The third-order valence-corrected chi connectivity index (χ3v) is 4.10. The Morgan fingerprint density at radius 1 is 1.11 bits per heavy atom. The van der Waals surface area contributed by atoms with Crippen molar-refractivity contribution in [3.05, 3.63) is 57.6 Å². The summed E-state index contributed by atoms with van der Waals surface area (Å²) in [4.78, 5) is 0. The highest BCUT2D eigenvalue weighted by Crippen LogP contribution is 2.35. The highest BCUT2D eigenvalue weighted by atomic mass is 79.9. The van der Waals surface area contributed by atoms with Crippen molar-refractivity contribution >= 4 is 21.6 Å². The second-order valence-corrected chi connectivity index (χ2v) is 5.91. The minimum absolute atomic E-state index is 0.209. The van der Waals surface area contributed by atoms with Crippen LogP contribution in [0.3, 0.4) is 0 Å². The number of anilines is 1. The summed E-state index contributed by atoms with van der Waals surface area (Å²) in [5, 5.41) is 3.55. The SMILES string of the molecule is Cc1ccc(C2COc3ccc(Br)cc3N2)cc1C. The highest BCUT2D eigenvalue weighted by molar-refractivity contribution is 9.10. The number of hydrogen-bond acceptors (Lipinski definition) is 2. The van der Waals surface area contributed by atoms with Gasteiger partial charge in [-0.3, -0.25) is 0 Å². The Kier molecular flexibility index (Phi) is 3.23. The van der Waals surface area contributed by atoms with E-state index in [1.165, 1.54) is 16.7 Å². The van der Waals surface area contributed by atoms with Crippen LogP contribution in [-0.4, -0.2) is 6.61 Å². The molecule has 0 fully saturated rings. The maximum absolute atomic E-state index is 5.83. The largest absolute Gasteiger partial charge is 0.489 e. The Labute approximate surface area is 121 Å². The van der Waals surface area contributed by atoms with Crippen molar-refractivity contribution < 1.29 is 4.74 Å². The van der Waals surface area contributed by atoms with Crippen LogP contribution in [0.15, 0.2) is 40.9 Å². The van der Waals surface area contributed by atoms with Crippen molar-refractivity contribution in [2.24, 2.45) is 0 Å². The lowest BCUT2D eigenvalue weighted by atomic mass is 10.0. The van der Waals surface area contributed by atoms with Crippen LogP contribution in [0.2, 0.25) is 0 Å². The maximum Gasteiger partial charge on any atom is 0.142 e. The Bertz CT molecular complexity index is 624. The van der Waals surface area contributed by atoms with E-state index in [0.29, 0.717) is 6.61 Å². The van der Waals surface area contributed by atoms with Gasteiger partial charge in [0.15, 0.2) is 0 Å². The van der Waals surface area contributed by atoms with Crippen LogP contribution in [0.5, 0.6) is 5.75 Å². The van der Waals surface area contributed by atoms with E-state index in [9.17, 15) is 0 Å². The number of nitrogens with one attached hydrogen (secondary N) is 1. The molecule has 0 aliphatic carbocycles. The third kappa shape index (κ3) is 2.47. The molecule has 0 radical (unpaired) electrons. The summed E-state index contributed by atoms with van der Waals surface area (Å²) in [5.41, 5.74) is 4.96. The average molecular weight is 318 g/mol. The van der Waals surface area contributed by atoms with Gasteiger partial charge in [-0.2, -0.15) is 0 Å². The first-order valence-corrected chi connectivity index (χ1v) is 7.19. The minimum Gasteiger partial charge on any atom is -0.489 e. The molecular weight excluding hydrogens is 302 g/mol. The molecule has 2 nitrogen and oxygen atoms in total. The Balaban J connectivity index is 1.90. The second kappa shape index (κ2) is 4.89. The van der Waals surface area contributed by atoms with Gasteiger partial charge in [0, 0.05) is 4.47 Å². The summed E-state index contributed by atoms with van der Waals surface area (Å²) in [6, 6.07) is 12.8. The molecule has 1 heterocycles. The van der Waals surface area contributed by atoms with Crippen molar-refractivity contribution in [2.75, 3.05) is 11.9 Å². The van der Waals surface area contributed by atoms with E-state index in [-0.39, 0.29) is 6.04 Å². The van der Waals surface area contributed by atoms with Crippen LogP contribution in [0, 0.1) is 13.8 Å². The Hall–Kier alpha value is -1.48. The van der Waals surface area contributed by atoms with Gasteiger partial charge >= 0.3 is 0 Å². The normalized spacial score (nSPS) is 17.3. The molecule has 2 aromatic rings. The van der Waals surface area contributed by atoms with Crippen LogP contribution in [0.25, 0.3) is 0 Å². The fourth-order valence-electron chi connectivity index (χ4n) is 2.30. The summed E-state index contributed by atoms with van der Waals surface area (Å²) in [6.45, 7) is 4.94. The molecule has 1 unspecified atom stereocenters. The zero-order valence-corrected chi connectivity index (χ0v) is 12.6. The first-order chi connectivity index (χ1) is 9.13. The average Bonchev–Trinajstić information content (AvgIpc) is 2.41. The lowest BCUT2D eigenvalue weighted by Crippen LogP contribution is -2.24. The van der Waals surface area contributed by atoms with E-state index in [1.807, 2.05) is 12.1 Å². The number of aryl methyl sites for hydroxylation is 2. The van der Waals surface area contributed by atoms with E-state index >= 15 is 0 Å². The van der Waals surface area contributed by atoms with Crippen LogP contribution in [0.1, 0.15) is 22.7 Å². The van der Waals surface area contributed by atoms with Crippen LogP contribution in [0.4, 0.5) is 5.69 Å². The molecule has 0 aromatic heterocycles. The molecule has 98 valence electrons. The van der Waals surface area contributed by atoms with Gasteiger partial charge in [-0.15, -0.1) is 0 Å². The van der Waals surface area contributed by atoms with Crippen LogP contribution < -0.4 is 10.1 Å². The monoisotopic (exact) mass is 317 g/mol. The third-order valence-electron chi connectivity index (χ3n) is 3.61. The molecule has 1 aliphatic rings. The van der Waals surface area contributed by atoms with Gasteiger partial charge in [-0.05, 0) is 48.7 Å². The topological polar surface area (TPSA) is 21.3 Å². The van der Waals surface area contributed by atoms with Crippen molar-refractivity contribution in [3.8, 4) is 5.75 Å². The number of fused-ring (bicyclic) bond motifs is 1. The van der Waals surface area contributed by atoms with Crippen molar-refractivity contribution in [3.63, 3.8) is 0 Å². The molecule has 1 aliphatic heterocycles. The first-order valence-electron chi connectivity index (χ1n) is 6.39. The number of rotatable bonds is 1. The molecule has 0 saturated heterocycles. The number of ether oxygens (including phenoxy) is 1. The standard InChI is InChI=1S/C16H16BrNO/c1-10-3-4-12(7-11(10)2)15-9-19-16-6-5-13(17)8-14(16)18-15/h3-8,15,18H,9H2,1-2H3. The Morgan fingerprint density at radius 3 is 2.74 bits per heavy atom. The van der Waals surface area contributed by atoms with Gasteiger partial charge in [-0.1, -0.05) is 34.1 Å². The van der Waals surface area contributed by atoms with Gasteiger partial charge < -0.3 is 10.1 Å². The summed E-state index contributed by atoms with van der Waals surface area (Å²) in [6.07, 6.45) is 0. The maximum atomic E-state index is 5.83. The number of halogens is 1. The molecule has 1 N–H and O–H groups in total. The molecular formula is C16H16BrNO. The van der Waals surface area contributed by atoms with Crippen LogP contribution >= 0.6 is 15.9 Å². The number of hydrogen-bond donors (Lipinski definition) is 1. The molecule has 2 aromatic carbocycles. The molecule has 3 heteroatoms. The molecule has 0 saturated carbocycles. The smallest absolute Gasteiger partial charge is 0.142 e. The second-order valence-electron chi connectivity index (χ2n) is 4.99. The molecule has 3 rings (SSSR count). The van der Waals surface area contributed by atoms with Crippen molar-refractivity contribution in [2.45, 2.75) is 19.9 Å². The van der Waals surface area contributed by atoms with Gasteiger partial charge in [0.05, 0.1) is 11.7 Å². The zero-order valence-electron chi connectivity index (χ0n) is 11.0. The van der Waals surface area contributed by atoms with Gasteiger partial charge in [-0.25, -0.2) is 0 Å². The fraction of sp³-hybridized carbons (Fsp3) is 0.250. The van der Waals surface area contributed by atoms with E-state index < -0.39 is 0 Å². The van der Waals surface area contributed by atoms with Gasteiger partial charge in [0.25, 0.3) is 0 Å². The van der Waals surface area contributed by atoms with E-state index in [1.54, 1.807) is 0 Å². The van der Waals surface area contributed by atoms with Crippen molar-refractivity contribution in [1.82, 2.24) is 0 Å². The first kappa shape index (κ1) is 12.5. The predicted octanol–water partition coefficient (Wildman–Crippen LogP) is 4.61. The van der Waals surface area contributed by atoms with Gasteiger partial charge in [0.1, 0.15) is 12.4 Å². The Morgan fingerprint density at radius 2 is 1.95 bits per heavy atom. The quantitative estimate of drug-likeness (QED) is 0.829. The lowest BCUT2D eigenvalue weighted by Gasteiger charge is -2.28. The molecule has 19 heavy (non-hydrogen) atoms. The molecule has 0 bridgehead atoms. The predicted molar refractivity (Wildman–Crippen MR) is 81.9 cm³/mol. The zero-order chi connectivity index (χ0) is 13.4. The lowest BCUT2D eigenvalue weighted by molar-refractivity contribution is 0.286. The van der Waals surface area contributed by atoms with Gasteiger partial charge in [0.2, 0.25) is 0 Å². The summed E-state index contributed by atoms with van der Waals surface area (Å²) < 4.78 is 6.89. The minimum atomic E-state index is 0.209. The van der Waals surface area contributed by atoms with E-state index in [4.69, 9.17) is 4.74 Å². The molecule has 0 amide bonds. The summed E-state index contributed by atoms with van der Waals surface area (Å²) in [5.74, 6) is 0.920. The fourth-order valence-corrected chi connectivity index (χ4v) is 2.67. The molecule has 0 spiro atoms. The molecule has 1 atom stereocenters. The summed E-state index contributed by atoms with van der Waals surface area (Å²) in [7, 11) is 0. The highest BCUT2D eigenvalue weighted by Gasteiger charge is 2.20. The van der Waals surface area contributed by atoms with Crippen molar-refractivity contribution in [1.29, 1.82) is 0 Å². The van der Waals surface area contributed by atoms with E-state index in [0.717, 1.165) is 15.9 Å². The van der Waals surface area contributed by atoms with Crippen LogP contribution in [-0.2, 0) is 0 Å². The number of benzene rings is 2. The summed E-state index contributed by atoms with van der Waals surface area (Å²) >= 11 is 3.49.